The monoisotopic (exact) mass is 426 g/mol. The summed E-state index contributed by atoms with van der Waals surface area (Å²) >= 11 is 5.99. The van der Waals surface area contributed by atoms with E-state index < -0.39 is 0 Å². The van der Waals surface area contributed by atoms with E-state index in [2.05, 4.69) is 9.55 Å². The summed E-state index contributed by atoms with van der Waals surface area (Å²) in [7, 11) is 3.23. The maximum Gasteiger partial charge on any atom is 0.340 e. The molecule has 0 saturated heterocycles. The van der Waals surface area contributed by atoms with Crippen LogP contribution in [-0.4, -0.2) is 36.3 Å². The van der Waals surface area contributed by atoms with Gasteiger partial charge in [0.1, 0.15) is 5.15 Å². The fourth-order valence-electron chi connectivity index (χ4n) is 4.16. The van der Waals surface area contributed by atoms with Gasteiger partial charge in [0.15, 0.2) is 11.5 Å². The van der Waals surface area contributed by atoms with Gasteiger partial charge >= 0.3 is 5.97 Å². The van der Waals surface area contributed by atoms with Crippen LogP contribution in [0.2, 0.25) is 5.15 Å². The average Bonchev–Trinajstić information content (AvgIpc) is 3.06. The lowest BCUT2D eigenvalue weighted by Gasteiger charge is -2.23. The Balaban J connectivity index is 2.03. The first-order chi connectivity index (χ1) is 14.5. The second-order valence-electron chi connectivity index (χ2n) is 7.04. The highest BCUT2D eigenvalue weighted by Gasteiger charge is 2.32. The highest BCUT2D eigenvalue weighted by molar-refractivity contribution is 6.29. The number of esters is 1. The van der Waals surface area contributed by atoms with Gasteiger partial charge < -0.3 is 18.8 Å². The molecule has 1 aliphatic heterocycles. The van der Waals surface area contributed by atoms with E-state index in [9.17, 15) is 4.79 Å². The van der Waals surface area contributed by atoms with Gasteiger partial charge in [-0.1, -0.05) is 11.6 Å². The predicted octanol–water partition coefficient (Wildman–Crippen LogP) is 4.93. The van der Waals surface area contributed by atoms with Gasteiger partial charge in [-0.05, 0) is 50.1 Å². The smallest absolute Gasteiger partial charge is 0.340 e. The van der Waals surface area contributed by atoms with E-state index >= 15 is 0 Å². The van der Waals surface area contributed by atoms with Crippen molar-refractivity contribution in [2.75, 3.05) is 20.8 Å². The van der Waals surface area contributed by atoms with E-state index in [0.29, 0.717) is 28.8 Å². The molecular formula is C23H23ClN2O4. The first-order valence-corrected chi connectivity index (χ1v) is 10.1. The van der Waals surface area contributed by atoms with Crippen molar-refractivity contribution in [3.63, 3.8) is 0 Å². The third kappa shape index (κ3) is 3.21. The van der Waals surface area contributed by atoms with Crippen molar-refractivity contribution in [3.8, 4) is 33.9 Å². The van der Waals surface area contributed by atoms with Crippen LogP contribution in [0.4, 0.5) is 0 Å². The summed E-state index contributed by atoms with van der Waals surface area (Å²) in [5.74, 6) is 0.933. The molecule has 156 valence electrons. The van der Waals surface area contributed by atoms with E-state index in [1.54, 1.807) is 33.4 Å². The standard InChI is InChI=1S/C23H23ClN2O4/c1-5-30-23(27)21-20(15-6-7-19(24)25-12-15)13(2)26-9-8-14-10-17(28-3)18(29-4)11-16(14)22(21)26/h6-7,10-12H,5,8-9H2,1-4H3. The fourth-order valence-corrected chi connectivity index (χ4v) is 4.27. The second kappa shape index (κ2) is 8.03. The number of benzene rings is 1. The molecule has 6 nitrogen and oxygen atoms in total. The Hall–Kier alpha value is -2.99. The van der Waals surface area contributed by atoms with Crippen molar-refractivity contribution < 1.29 is 19.0 Å². The Bertz CT molecular complexity index is 1120. The van der Waals surface area contributed by atoms with Crippen LogP contribution in [0.25, 0.3) is 22.4 Å². The third-order valence-electron chi connectivity index (χ3n) is 5.49. The minimum atomic E-state index is -0.359. The lowest BCUT2D eigenvalue weighted by molar-refractivity contribution is 0.0528. The summed E-state index contributed by atoms with van der Waals surface area (Å²) in [5, 5.41) is 0.403. The normalized spacial score (nSPS) is 12.2. The Labute approximate surface area is 180 Å². The van der Waals surface area contributed by atoms with Gasteiger partial charge in [0.05, 0.1) is 32.1 Å². The molecule has 0 saturated carbocycles. The quantitative estimate of drug-likeness (QED) is 0.427. The molecule has 0 radical (unpaired) electrons. The molecule has 0 N–H and O–H groups in total. The molecule has 7 heteroatoms. The molecule has 2 aromatic heterocycles. The number of methoxy groups -OCH3 is 2. The predicted molar refractivity (Wildman–Crippen MR) is 116 cm³/mol. The van der Waals surface area contributed by atoms with Crippen molar-refractivity contribution in [3.05, 3.63) is 52.4 Å². The van der Waals surface area contributed by atoms with Gasteiger partial charge in [-0.15, -0.1) is 0 Å². The van der Waals surface area contributed by atoms with Gasteiger partial charge in [-0.2, -0.15) is 0 Å². The topological polar surface area (TPSA) is 62.6 Å². The largest absolute Gasteiger partial charge is 0.493 e. The van der Waals surface area contributed by atoms with Crippen molar-refractivity contribution in [1.82, 2.24) is 9.55 Å². The number of aryl methyl sites for hydroxylation is 1. The van der Waals surface area contributed by atoms with Crippen LogP contribution >= 0.6 is 11.6 Å². The molecule has 0 amide bonds. The number of ether oxygens (including phenoxy) is 3. The minimum absolute atomic E-state index is 0.291. The van der Waals surface area contributed by atoms with Crippen molar-refractivity contribution in [2.45, 2.75) is 26.8 Å². The van der Waals surface area contributed by atoms with E-state index in [-0.39, 0.29) is 5.97 Å². The number of rotatable bonds is 5. The number of pyridine rings is 1. The van der Waals surface area contributed by atoms with Gasteiger partial charge in [0, 0.05) is 35.1 Å². The van der Waals surface area contributed by atoms with E-state index in [1.165, 1.54) is 0 Å². The van der Waals surface area contributed by atoms with Crippen molar-refractivity contribution in [1.29, 1.82) is 0 Å². The number of hydrogen-bond acceptors (Lipinski definition) is 5. The molecule has 0 spiro atoms. The van der Waals surface area contributed by atoms with Crippen LogP contribution in [0, 0.1) is 6.92 Å². The fraction of sp³-hybridized carbons (Fsp3) is 0.304. The summed E-state index contributed by atoms with van der Waals surface area (Å²) < 4.78 is 18.6. The summed E-state index contributed by atoms with van der Waals surface area (Å²) in [6.45, 7) is 4.86. The number of aromatic nitrogens is 2. The molecule has 0 aliphatic carbocycles. The van der Waals surface area contributed by atoms with Crippen LogP contribution < -0.4 is 9.47 Å². The SMILES string of the molecule is CCOC(=O)c1c(-c2ccc(Cl)nc2)c(C)n2c1-c1cc(OC)c(OC)cc1CC2. The molecule has 4 rings (SSSR count). The van der Waals surface area contributed by atoms with Crippen LogP contribution in [0.5, 0.6) is 11.5 Å². The molecule has 0 bridgehead atoms. The summed E-state index contributed by atoms with van der Waals surface area (Å²) in [4.78, 5) is 17.4. The number of hydrogen-bond donors (Lipinski definition) is 0. The number of carbonyl (C=O) groups excluding carboxylic acids is 1. The summed E-state index contributed by atoms with van der Waals surface area (Å²) in [6.07, 6.45) is 2.51. The van der Waals surface area contributed by atoms with Crippen LogP contribution in [0.1, 0.15) is 28.5 Å². The molecule has 0 atom stereocenters. The second-order valence-corrected chi connectivity index (χ2v) is 7.43. The first-order valence-electron chi connectivity index (χ1n) is 9.77. The Morgan fingerprint density at radius 1 is 1.20 bits per heavy atom. The molecule has 1 aromatic carbocycles. The molecule has 3 aromatic rings. The van der Waals surface area contributed by atoms with Crippen molar-refractivity contribution >= 4 is 17.6 Å². The Morgan fingerprint density at radius 2 is 1.93 bits per heavy atom. The number of nitrogens with zero attached hydrogens (tertiary/aromatic N) is 2. The Kier molecular flexibility index (Phi) is 5.43. The first kappa shape index (κ1) is 20.3. The van der Waals surface area contributed by atoms with Gasteiger partial charge in [0.25, 0.3) is 0 Å². The summed E-state index contributed by atoms with van der Waals surface area (Å²) in [5.41, 5.74) is 6.03. The van der Waals surface area contributed by atoms with E-state index in [1.807, 2.05) is 25.1 Å². The Morgan fingerprint density at radius 3 is 2.57 bits per heavy atom. The van der Waals surface area contributed by atoms with E-state index in [0.717, 1.165) is 46.6 Å². The molecule has 3 heterocycles. The molecule has 0 unspecified atom stereocenters. The maximum absolute atomic E-state index is 13.1. The van der Waals surface area contributed by atoms with Gasteiger partial charge in [0.2, 0.25) is 0 Å². The van der Waals surface area contributed by atoms with Crippen LogP contribution in [0.15, 0.2) is 30.5 Å². The lowest BCUT2D eigenvalue weighted by Crippen LogP contribution is -2.15. The zero-order chi connectivity index (χ0) is 21.4. The minimum Gasteiger partial charge on any atom is -0.493 e. The van der Waals surface area contributed by atoms with Gasteiger partial charge in [-0.25, -0.2) is 9.78 Å². The highest BCUT2D eigenvalue weighted by Crippen LogP contribution is 2.45. The number of carbonyl (C=O) groups is 1. The van der Waals surface area contributed by atoms with Crippen LogP contribution in [-0.2, 0) is 17.7 Å². The summed E-state index contributed by atoms with van der Waals surface area (Å²) in [6, 6.07) is 7.52. The number of halogens is 1. The molecular weight excluding hydrogens is 404 g/mol. The zero-order valence-corrected chi connectivity index (χ0v) is 18.2. The van der Waals surface area contributed by atoms with Crippen LogP contribution in [0.3, 0.4) is 0 Å². The van der Waals surface area contributed by atoms with Crippen molar-refractivity contribution in [2.24, 2.45) is 0 Å². The zero-order valence-electron chi connectivity index (χ0n) is 17.4. The highest BCUT2D eigenvalue weighted by atomic mass is 35.5. The number of fused-ring (bicyclic) bond motifs is 3. The average molecular weight is 427 g/mol. The van der Waals surface area contributed by atoms with E-state index in [4.69, 9.17) is 25.8 Å². The molecule has 30 heavy (non-hydrogen) atoms. The lowest BCUT2D eigenvalue weighted by atomic mass is 9.93. The molecule has 0 fully saturated rings. The molecule has 1 aliphatic rings. The van der Waals surface area contributed by atoms with Gasteiger partial charge in [-0.3, -0.25) is 0 Å². The maximum atomic E-state index is 13.1. The third-order valence-corrected chi connectivity index (χ3v) is 5.71.